The normalized spacial score (nSPS) is 14.9. The second kappa shape index (κ2) is 4.93. The molecule has 1 heterocycles. The highest BCUT2D eigenvalue weighted by atomic mass is 79.9. The van der Waals surface area contributed by atoms with Gasteiger partial charge in [0.2, 0.25) is 0 Å². The van der Waals surface area contributed by atoms with E-state index >= 15 is 0 Å². The highest BCUT2D eigenvalue weighted by Crippen LogP contribution is 2.23. The van der Waals surface area contributed by atoms with Gasteiger partial charge in [0.25, 0.3) is 0 Å². The maximum Gasteiger partial charge on any atom is 0.170 e. The number of hydrogen-bond donors (Lipinski definition) is 1. The Bertz CT molecular complexity index is 611. The summed E-state index contributed by atoms with van der Waals surface area (Å²) < 4.78 is 28.4. The predicted molar refractivity (Wildman–Crippen MR) is 66.6 cm³/mol. The first-order valence-corrected chi connectivity index (χ1v) is 6.60. The number of nitrogens with one attached hydrogen (secondary N) is 1. The molecular weight excluding hydrogens is 320 g/mol. The van der Waals surface area contributed by atoms with Crippen molar-refractivity contribution in [1.29, 1.82) is 0 Å². The summed E-state index contributed by atoms with van der Waals surface area (Å²) in [4.78, 5) is 0. The van der Waals surface area contributed by atoms with Gasteiger partial charge in [0.15, 0.2) is 11.6 Å². The zero-order valence-corrected chi connectivity index (χ0v) is 11.4. The molecule has 1 aliphatic rings. The number of aromatic nitrogens is 4. The molecule has 0 atom stereocenters. The van der Waals surface area contributed by atoms with E-state index in [4.69, 9.17) is 0 Å². The van der Waals surface area contributed by atoms with Gasteiger partial charge in [0.1, 0.15) is 11.5 Å². The summed E-state index contributed by atoms with van der Waals surface area (Å²) in [6.45, 7) is 0.450. The van der Waals surface area contributed by atoms with Gasteiger partial charge in [-0.1, -0.05) is 0 Å². The van der Waals surface area contributed by atoms with E-state index in [9.17, 15) is 8.78 Å². The molecule has 2 aromatic rings. The van der Waals surface area contributed by atoms with Crippen LogP contribution in [-0.2, 0) is 6.54 Å². The summed E-state index contributed by atoms with van der Waals surface area (Å²) in [6.07, 6.45) is 2.27. The number of hydrogen-bond acceptors (Lipinski definition) is 4. The Balaban J connectivity index is 1.92. The molecule has 0 radical (unpaired) electrons. The van der Waals surface area contributed by atoms with Crippen molar-refractivity contribution >= 4 is 15.9 Å². The van der Waals surface area contributed by atoms with E-state index < -0.39 is 11.6 Å². The minimum Gasteiger partial charge on any atom is -0.307 e. The minimum atomic E-state index is -0.708. The molecule has 5 nitrogen and oxygen atoms in total. The summed E-state index contributed by atoms with van der Waals surface area (Å²) in [6, 6.07) is 2.62. The maximum atomic E-state index is 13.8. The molecular formula is C11H10BrF2N5. The molecule has 1 N–H and O–H groups in total. The Morgan fingerprint density at radius 1 is 1.32 bits per heavy atom. The number of benzene rings is 1. The number of rotatable bonds is 4. The van der Waals surface area contributed by atoms with Crippen molar-refractivity contribution in [2.45, 2.75) is 25.4 Å². The minimum absolute atomic E-state index is 0.117. The van der Waals surface area contributed by atoms with Crippen LogP contribution in [0.15, 0.2) is 16.6 Å². The smallest absolute Gasteiger partial charge is 0.170 e. The van der Waals surface area contributed by atoms with Crippen LogP contribution in [0.5, 0.6) is 0 Å². The van der Waals surface area contributed by atoms with Crippen molar-refractivity contribution in [3.8, 4) is 5.69 Å². The monoisotopic (exact) mass is 329 g/mol. The van der Waals surface area contributed by atoms with Crippen LogP contribution in [0.3, 0.4) is 0 Å². The molecule has 8 heteroatoms. The topological polar surface area (TPSA) is 55.6 Å². The third kappa shape index (κ3) is 2.64. The highest BCUT2D eigenvalue weighted by Gasteiger charge is 2.22. The maximum absolute atomic E-state index is 13.8. The van der Waals surface area contributed by atoms with Gasteiger partial charge in [-0.05, 0) is 45.3 Å². The molecule has 0 aliphatic heterocycles. The van der Waals surface area contributed by atoms with Gasteiger partial charge in [-0.15, -0.1) is 5.10 Å². The molecule has 0 amide bonds. The Morgan fingerprint density at radius 2 is 2.11 bits per heavy atom. The van der Waals surface area contributed by atoms with Crippen molar-refractivity contribution in [3.63, 3.8) is 0 Å². The van der Waals surface area contributed by atoms with Gasteiger partial charge >= 0.3 is 0 Å². The van der Waals surface area contributed by atoms with Crippen LogP contribution in [0.25, 0.3) is 5.69 Å². The van der Waals surface area contributed by atoms with Crippen LogP contribution in [0.2, 0.25) is 0 Å². The second-order valence-corrected chi connectivity index (χ2v) is 5.23. The van der Waals surface area contributed by atoms with Crippen molar-refractivity contribution in [2.24, 2.45) is 0 Å². The lowest BCUT2D eigenvalue weighted by Gasteiger charge is -2.07. The largest absolute Gasteiger partial charge is 0.307 e. The van der Waals surface area contributed by atoms with E-state index in [2.05, 4.69) is 36.8 Å². The lowest BCUT2D eigenvalue weighted by atomic mass is 10.3. The zero-order chi connectivity index (χ0) is 13.4. The van der Waals surface area contributed by atoms with Crippen LogP contribution in [0, 0.1) is 11.6 Å². The number of tetrazole rings is 1. The van der Waals surface area contributed by atoms with Crippen LogP contribution < -0.4 is 5.32 Å². The third-order valence-electron chi connectivity index (χ3n) is 2.88. The molecule has 19 heavy (non-hydrogen) atoms. The number of nitrogens with zero attached hydrogens (tertiary/aromatic N) is 4. The predicted octanol–water partition coefficient (Wildman–Crippen LogP) is 1.95. The molecule has 1 aromatic carbocycles. The molecule has 1 fully saturated rings. The number of halogens is 3. The van der Waals surface area contributed by atoms with Gasteiger partial charge in [-0.25, -0.2) is 8.78 Å². The summed E-state index contributed by atoms with van der Waals surface area (Å²) in [5.74, 6) is -0.878. The first kappa shape index (κ1) is 12.6. The average Bonchev–Trinajstić information content (AvgIpc) is 3.09. The van der Waals surface area contributed by atoms with Crippen molar-refractivity contribution < 1.29 is 8.78 Å². The van der Waals surface area contributed by atoms with Gasteiger partial charge in [0.05, 0.1) is 11.0 Å². The quantitative estimate of drug-likeness (QED) is 0.871. The lowest BCUT2D eigenvalue weighted by molar-refractivity contribution is 0.561. The van der Waals surface area contributed by atoms with E-state index in [0.29, 0.717) is 18.4 Å². The first-order chi connectivity index (χ1) is 9.15. The summed E-state index contributed by atoms with van der Waals surface area (Å²) in [5, 5.41) is 14.4. The molecule has 1 saturated carbocycles. The fourth-order valence-electron chi connectivity index (χ4n) is 1.70. The SMILES string of the molecule is Fc1cc(F)c(-n2nnnc2CNC2CC2)cc1Br. The van der Waals surface area contributed by atoms with Gasteiger partial charge in [0, 0.05) is 12.1 Å². The van der Waals surface area contributed by atoms with Crippen LogP contribution >= 0.6 is 15.9 Å². The van der Waals surface area contributed by atoms with Crippen molar-refractivity contribution in [1.82, 2.24) is 25.5 Å². The van der Waals surface area contributed by atoms with Gasteiger partial charge in [-0.3, -0.25) is 0 Å². The molecule has 1 aromatic heterocycles. The molecule has 0 saturated heterocycles. The standard InChI is InChI=1S/C11H10BrF2N5/c12-7-3-10(9(14)4-8(7)13)19-11(16-17-18-19)5-15-6-1-2-6/h3-4,6,15H,1-2,5H2. The average molecular weight is 330 g/mol. The van der Waals surface area contributed by atoms with Gasteiger partial charge in [-0.2, -0.15) is 4.68 Å². The van der Waals surface area contributed by atoms with Crippen molar-refractivity contribution in [2.75, 3.05) is 0 Å². The molecule has 0 bridgehead atoms. The summed E-state index contributed by atoms with van der Waals surface area (Å²) in [5.41, 5.74) is 0.117. The van der Waals surface area contributed by atoms with E-state index in [1.807, 2.05) is 0 Å². The molecule has 1 aliphatic carbocycles. The molecule has 100 valence electrons. The fourth-order valence-corrected chi connectivity index (χ4v) is 2.03. The summed E-state index contributed by atoms with van der Waals surface area (Å²) in [7, 11) is 0. The Kier molecular flexibility index (Phi) is 3.28. The lowest BCUT2D eigenvalue weighted by Crippen LogP contribution is -2.19. The third-order valence-corrected chi connectivity index (χ3v) is 3.49. The van der Waals surface area contributed by atoms with E-state index in [1.54, 1.807) is 0 Å². The van der Waals surface area contributed by atoms with E-state index in [1.165, 1.54) is 10.7 Å². The summed E-state index contributed by atoms with van der Waals surface area (Å²) >= 11 is 3.02. The van der Waals surface area contributed by atoms with Gasteiger partial charge < -0.3 is 5.32 Å². The first-order valence-electron chi connectivity index (χ1n) is 5.80. The fraction of sp³-hybridized carbons (Fsp3) is 0.364. The van der Waals surface area contributed by atoms with Crippen LogP contribution in [-0.4, -0.2) is 26.2 Å². The van der Waals surface area contributed by atoms with E-state index in [0.717, 1.165) is 18.9 Å². The Hall–Kier alpha value is -1.41. The second-order valence-electron chi connectivity index (χ2n) is 4.38. The zero-order valence-electron chi connectivity index (χ0n) is 9.78. The Morgan fingerprint density at radius 3 is 2.84 bits per heavy atom. The van der Waals surface area contributed by atoms with E-state index in [-0.39, 0.29) is 10.2 Å². The van der Waals surface area contributed by atoms with Crippen LogP contribution in [0.4, 0.5) is 8.78 Å². The Labute approximate surface area is 116 Å². The molecule has 0 unspecified atom stereocenters. The highest BCUT2D eigenvalue weighted by molar-refractivity contribution is 9.10. The molecule has 3 rings (SSSR count). The van der Waals surface area contributed by atoms with Crippen LogP contribution in [0.1, 0.15) is 18.7 Å². The molecule has 0 spiro atoms. The van der Waals surface area contributed by atoms with Crippen molar-refractivity contribution in [3.05, 3.63) is 34.1 Å².